The molecule has 3 rings (SSSR count). The molecule has 1 aliphatic rings. The summed E-state index contributed by atoms with van der Waals surface area (Å²) >= 11 is 0. The van der Waals surface area contributed by atoms with Gasteiger partial charge in [-0.25, -0.2) is 0 Å². The van der Waals surface area contributed by atoms with Crippen LogP contribution in [-0.2, 0) is 9.59 Å². The Morgan fingerprint density at radius 3 is 1.38 bits per heavy atom. The third-order valence-electron chi connectivity index (χ3n) is 4.48. The molecule has 1 fully saturated rings. The van der Waals surface area contributed by atoms with Crippen molar-refractivity contribution in [2.45, 2.75) is 27.7 Å². The molecule has 0 radical (unpaired) electrons. The normalized spacial score (nSPS) is 15.2. The van der Waals surface area contributed by atoms with E-state index in [4.69, 9.17) is 0 Å². The number of benzene rings is 2. The van der Waals surface area contributed by atoms with Gasteiger partial charge in [0, 0.05) is 11.4 Å². The zero-order chi connectivity index (χ0) is 17.4. The maximum absolute atomic E-state index is 12.7. The van der Waals surface area contributed by atoms with Gasteiger partial charge >= 0.3 is 0 Å². The van der Waals surface area contributed by atoms with Crippen molar-refractivity contribution in [3.05, 3.63) is 58.7 Å². The molecule has 0 saturated carbocycles. The predicted molar refractivity (Wildman–Crippen MR) is 96.5 cm³/mol. The number of nitrogens with zero attached hydrogens (tertiary/aromatic N) is 2. The molecule has 24 heavy (non-hydrogen) atoms. The van der Waals surface area contributed by atoms with E-state index in [1.807, 2.05) is 64.1 Å². The Labute approximate surface area is 142 Å². The van der Waals surface area contributed by atoms with Crippen LogP contribution in [0, 0.1) is 27.7 Å². The van der Waals surface area contributed by atoms with Crippen LogP contribution in [-0.4, -0.2) is 24.9 Å². The highest BCUT2D eigenvalue weighted by molar-refractivity contribution is 6.12. The summed E-state index contributed by atoms with van der Waals surface area (Å²) in [5, 5.41) is 0. The summed E-state index contributed by atoms with van der Waals surface area (Å²) in [6.07, 6.45) is 0. The van der Waals surface area contributed by atoms with Crippen molar-refractivity contribution in [1.29, 1.82) is 0 Å². The first-order valence-corrected chi connectivity index (χ1v) is 8.12. The summed E-state index contributed by atoms with van der Waals surface area (Å²) in [5.74, 6) is -0.108. The lowest BCUT2D eigenvalue weighted by Crippen LogP contribution is -2.54. The van der Waals surface area contributed by atoms with Gasteiger partial charge in [0.05, 0.1) is 0 Å². The van der Waals surface area contributed by atoms with Gasteiger partial charge in [-0.15, -0.1) is 0 Å². The van der Waals surface area contributed by atoms with E-state index >= 15 is 0 Å². The van der Waals surface area contributed by atoms with Gasteiger partial charge < -0.3 is 9.80 Å². The van der Waals surface area contributed by atoms with Gasteiger partial charge in [-0.05, 0) is 51.0 Å². The number of anilines is 2. The molecule has 2 aromatic carbocycles. The summed E-state index contributed by atoms with van der Waals surface area (Å²) in [5.41, 5.74) is 5.94. The van der Waals surface area contributed by atoms with Crippen molar-refractivity contribution in [3.63, 3.8) is 0 Å². The lowest BCUT2D eigenvalue weighted by Gasteiger charge is -2.35. The second kappa shape index (κ2) is 6.11. The Kier molecular flexibility index (Phi) is 4.14. The standard InChI is InChI=1S/C20H22N2O2/c1-13-5-7-17(15(3)9-13)21-11-20(24)22(12-19(21)23)18-8-6-14(2)10-16(18)4/h5-10H,11-12H2,1-4H3. The first-order valence-electron chi connectivity index (χ1n) is 8.12. The molecule has 0 aromatic heterocycles. The van der Waals surface area contributed by atoms with E-state index in [1.54, 1.807) is 9.80 Å². The van der Waals surface area contributed by atoms with Crippen LogP contribution in [0.25, 0.3) is 0 Å². The fraction of sp³-hybridized carbons (Fsp3) is 0.300. The molecule has 0 unspecified atom stereocenters. The van der Waals surface area contributed by atoms with Gasteiger partial charge in [-0.2, -0.15) is 0 Å². The molecule has 0 spiro atoms. The number of amides is 2. The molecule has 0 atom stereocenters. The maximum Gasteiger partial charge on any atom is 0.247 e. The average molecular weight is 322 g/mol. The van der Waals surface area contributed by atoms with Crippen LogP contribution in [0.5, 0.6) is 0 Å². The number of hydrogen-bond acceptors (Lipinski definition) is 2. The number of aryl methyl sites for hydroxylation is 4. The molecule has 0 N–H and O–H groups in total. The zero-order valence-electron chi connectivity index (χ0n) is 14.6. The van der Waals surface area contributed by atoms with E-state index in [2.05, 4.69) is 0 Å². The van der Waals surface area contributed by atoms with Crippen molar-refractivity contribution < 1.29 is 9.59 Å². The molecule has 4 heteroatoms. The Bertz CT molecular complexity index is 757. The van der Waals surface area contributed by atoms with Crippen molar-refractivity contribution in [2.24, 2.45) is 0 Å². The Morgan fingerprint density at radius 2 is 1.04 bits per heavy atom. The molecular weight excluding hydrogens is 300 g/mol. The van der Waals surface area contributed by atoms with Gasteiger partial charge in [0.1, 0.15) is 13.1 Å². The minimum Gasteiger partial charge on any atom is -0.301 e. The minimum atomic E-state index is -0.0541. The smallest absolute Gasteiger partial charge is 0.247 e. The summed E-state index contributed by atoms with van der Waals surface area (Å²) in [7, 11) is 0. The lowest BCUT2D eigenvalue weighted by molar-refractivity contribution is -0.125. The van der Waals surface area contributed by atoms with E-state index in [0.29, 0.717) is 0 Å². The van der Waals surface area contributed by atoms with Crippen molar-refractivity contribution in [1.82, 2.24) is 0 Å². The second-order valence-electron chi connectivity index (χ2n) is 6.54. The van der Waals surface area contributed by atoms with Crippen LogP contribution in [0.4, 0.5) is 11.4 Å². The Balaban J connectivity index is 1.89. The fourth-order valence-corrected chi connectivity index (χ4v) is 3.27. The molecule has 2 aromatic rings. The van der Waals surface area contributed by atoms with Crippen molar-refractivity contribution in [3.8, 4) is 0 Å². The first-order chi connectivity index (χ1) is 11.4. The number of hydrogen-bond donors (Lipinski definition) is 0. The highest BCUT2D eigenvalue weighted by Crippen LogP contribution is 2.27. The van der Waals surface area contributed by atoms with Crippen molar-refractivity contribution in [2.75, 3.05) is 22.9 Å². The molecule has 124 valence electrons. The Hall–Kier alpha value is -2.62. The molecule has 1 heterocycles. The van der Waals surface area contributed by atoms with Crippen molar-refractivity contribution >= 4 is 23.2 Å². The van der Waals surface area contributed by atoms with Gasteiger partial charge in [0.2, 0.25) is 11.8 Å². The van der Waals surface area contributed by atoms with Crippen LogP contribution < -0.4 is 9.80 Å². The first kappa shape index (κ1) is 16.2. The minimum absolute atomic E-state index is 0.0541. The number of piperazine rings is 1. The average Bonchev–Trinajstić information content (AvgIpc) is 2.50. The quantitative estimate of drug-likeness (QED) is 0.851. The third kappa shape index (κ3) is 2.92. The van der Waals surface area contributed by atoms with Crippen LogP contribution in [0.2, 0.25) is 0 Å². The van der Waals surface area contributed by atoms with E-state index in [9.17, 15) is 9.59 Å². The summed E-state index contributed by atoms with van der Waals surface area (Å²) < 4.78 is 0. The lowest BCUT2D eigenvalue weighted by atomic mass is 10.1. The molecule has 2 amide bonds. The highest BCUT2D eigenvalue weighted by atomic mass is 16.2. The fourth-order valence-electron chi connectivity index (χ4n) is 3.27. The largest absolute Gasteiger partial charge is 0.301 e. The van der Waals surface area contributed by atoms with Gasteiger partial charge in [-0.3, -0.25) is 9.59 Å². The van der Waals surface area contributed by atoms with E-state index in [-0.39, 0.29) is 24.9 Å². The predicted octanol–water partition coefficient (Wildman–Crippen LogP) is 3.30. The summed E-state index contributed by atoms with van der Waals surface area (Å²) in [4.78, 5) is 28.5. The third-order valence-corrected chi connectivity index (χ3v) is 4.48. The van der Waals surface area contributed by atoms with E-state index in [0.717, 1.165) is 33.6 Å². The molecule has 1 saturated heterocycles. The van der Waals surface area contributed by atoms with Crippen LogP contribution in [0.3, 0.4) is 0 Å². The number of carbonyl (C=O) groups excluding carboxylic acids is 2. The number of carbonyl (C=O) groups is 2. The molecule has 0 bridgehead atoms. The molecular formula is C20H22N2O2. The van der Waals surface area contributed by atoms with Crippen LogP contribution in [0.15, 0.2) is 36.4 Å². The van der Waals surface area contributed by atoms with Gasteiger partial charge in [-0.1, -0.05) is 35.4 Å². The van der Waals surface area contributed by atoms with E-state index in [1.165, 1.54) is 0 Å². The summed E-state index contributed by atoms with van der Waals surface area (Å²) in [6, 6.07) is 11.8. The van der Waals surface area contributed by atoms with Gasteiger partial charge in [0.25, 0.3) is 0 Å². The number of rotatable bonds is 2. The topological polar surface area (TPSA) is 40.6 Å². The maximum atomic E-state index is 12.7. The Morgan fingerprint density at radius 1 is 0.667 bits per heavy atom. The summed E-state index contributed by atoms with van der Waals surface area (Å²) in [6.45, 7) is 8.13. The highest BCUT2D eigenvalue weighted by Gasteiger charge is 2.32. The second-order valence-corrected chi connectivity index (χ2v) is 6.54. The SMILES string of the molecule is Cc1ccc(N2CC(=O)N(c3ccc(C)cc3C)CC2=O)c(C)c1. The van der Waals surface area contributed by atoms with Gasteiger partial charge in [0.15, 0.2) is 0 Å². The van der Waals surface area contributed by atoms with Crippen LogP contribution >= 0.6 is 0 Å². The zero-order valence-corrected chi connectivity index (χ0v) is 14.6. The monoisotopic (exact) mass is 322 g/mol. The molecule has 4 nitrogen and oxygen atoms in total. The molecule has 0 aliphatic carbocycles. The molecule has 1 aliphatic heterocycles. The van der Waals surface area contributed by atoms with E-state index < -0.39 is 0 Å². The van der Waals surface area contributed by atoms with Crippen LogP contribution in [0.1, 0.15) is 22.3 Å².